The van der Waals surface area contributed by atoms with Gasteiger partial charge in [0.2, 0.25) is 11.7 Å². The first kappa shape index (κ1) is 14.1. The molecule has 0 bridgehead atoms. The Morgan fingerprint density at radius 1 is 1.53 bits per heavy atom. The lowest BCUT2D eigenvalue weighted by atomic mass is 10.0. The van der Waals surface area contributed by atoms with Gasteiger partial charge in [0.05, 0.1) is 12.6 Å². The predicted octanol–water partition coefficient (Wildman–Crippen LogP) is 1.30. The Hall–Kier alpha value is -1.27. The van der Waals surface area contributed by atoms with E-state index >= 15 is 0 Å². The topological polar surface area (TPSA) is 76.3 Å². The lowest BCUT2D eigenvalue weighted by Gasteiger charge is -2.26. The Balaban J connectivity index is 2.04. The van der Waals surface area contributed by atoms with E-state index in [-0.39, 0.29) is 30.2 Å². The number of thiazole rings is 1. The van der Waals surface area contributed by atoms with Crippen LogP contribution in [-0.2, 0) is 4.79 Å². The van der Waals surface area contributed by atoms with Gasteiger partial charge in [-0.25, -0.2) is 4.98 Å². The minimum absolute atomic E-state index is 0.0729. The largest absolute Gasteiger partial charge is 0.331 e. The van der Waals surface area contributed by atoms with Crippen LogP contribution in [0, 0.1) is 5.92 Å². The molecule has 1 saturated carbocycles. The maximum absolute atomic E-state index is 12.3. The van der Waals surface area contributed by atoms with E-state index in [2.05, 4.69) is 4.98 Å². The van der Waals surface area contributed by atoms with Crippen molar-refractivity contribution in [3.63, 3.8) is 0 Å². The van der Waals surface area contributed by atoms with Crippen molar-refractivity contribution >= 4 is 23.0 Å². The number of Topliss-reactive ketones (excluding diaryl/α,β-unsaturated/α-hetero) is 1. The molecule has 5 nitrogen and oxygen atoms in total. The quantitative estimate of drug-likeness (QED) is 0.797. The highest BCUT2D eigenvalue weighted by atomic mass is 32.1. The number of hydrogen-bond donors (Lipinski definition) is 1. The Morgan fingerprint density at radius 3 is 2.68 bits per heavy atom. The van der Waals surface area contributed by atoms with E-state index in [0.29, 0.717) is 5.01 Å². The van der Waals surface area contributed by atoms with Crippen molar-refractivity contribution in [3.05, 3.63) is 16.6 Å². The molecule has 1 amide bonds. The van der Waals surface area contributed by atoms with Crippen LogP contribution >= 0.6 is 11.3 Å². The predicted molar refractivity (Wildman–Crippen MR) is 74.0 cm³/mol. The molecule has 6 heteroatoms. The molecule has 0 aromatic carbocycles. The molecule has 0 aliphatic heterocycles. The zero-order chi connectivity index (χ0) is 14.0. The highest BCUT2D eigenvalue weighted by molar-refractivity contribution is 7.11. The Kier molecular flexibility index (Phi) is 4.31. The van der Waals surface area contributed by atoms with Crippen LogP contribution in [0.5, 0.6) is 0 Å². The van der Waals surface area contributed by atoms with Crippen LogP contribution in [-0.4, -0.2) is 40.2 Å². The van der Waals surface area contributed by atoms with E-state index in [0.717, 1.165) is 12.8 Å². The maximum atomic E-state index is 12.3. The molecule has 1 aliphatic rings. The molecule has 1 aromatic heterocycles. The fourth-order valence-corrected chi connectivity index (χ4v) is 2.40. The fourth-order valence-electron chi connectivity index (χ4n) is 1.83. The number of rotatable bonds is 6. The molecule has 0 spiro atoms. The molecule has 0 radical (unpaired) electrons. The highest BCUT2D eigenvalue weighted by Crippen LogP contribution is 2.28. The van der Waals surface area contributed by atoms with Gasteiger partial charge in [0, 0.05) is 17.6 Å². The van der Waals surface area contributed by atoms with E-state index in [4.69, 9.17) is 5.73 Å². The molecule has 1 aliphatic carbocycles. The summed E-state index contributed by atoms with van der Waals surface area (Å²) in [6.45, 7) is 3.92. The van der Waals surface area contributed by atoms with Crippen molar-refractivity contribution in [2.75, 3.05) is 6.54 Å². The lowest BCUT2D eigenvalue weighted by molar-refractivity contribution is -0.133. The summed E-state index contributed by atoms with van der Waals surface area (Å²) in [6.07, 6.45) is 3.52. The number of ketones is 1. The van der Waals surface area contributed by atoms with Gasteiger partial charge in [0.25, 0.3) is 0 Å². The van der Waals surface area contributed by atoms with Gasteiger partial charge in [0.15, 0.2) is 5.01 Å². The first-order valence-corrected chi connectivity index (χ1v) is 7.37. The highest BCUT2D eigenvalue weighted by Gasteiger charge is 2.36. The van der Waals surface area contributed by atoms with Gasteiger partial charge in [-0.05, 0) is 18.8 Å². The Bertz CT molecular complexity index is 454. The average molecular weight is 281 g/mol. The van der Waals surface area contributed by atoms with Crippen LogP contribution in [0.1, 0.15) is 36.5 Å². The third kappa shape index (κ3) is 3.39. The first-order valence-electron chi connectivity index (χ1n) is 6.49. The molecule has 1 heterocycles. The summed E-state index contributed by atoms with van der Waals surface area (Å²) in [7, 11) is 0. The van der Waals surface area contributed by atoms with E-state index in [1.165, 1.54) is 11.3 Å². The van der Waals surface area contributed by atoms with Gasteiger partial charge in [-0.2, -0.15) is 0 Å². The minimum atomic E-state index is -0.537. The summed E-state index contributed by atoms with van der Waals surface area (Å²) in [5.74, 6) is -0.155. The SMILES string of the molecule is CC(C)[C@H](N)C(=O)N(CC(=O)c1nccs1)C1CC1. The third-order valence-corrected chi connectivity index (χ3v) is 4.07. The van der Waals surface area contributed by atoms with Crippen molar-refractivity contribution < 1.29 is 9.59 Å². The zero-order valence-corrected chi connectivity index (χ0v) is 12.0. The van der Waals surface area contributed by atoms with Crippen LogP contribution in [0.2, 0.25) is 0 Å². The van der Waals surface area contributed by atoms with Gasteiger partial charge in [-0.1, -0.05) is 13.8 Å². The first-order chi connectivity index (χ1) is 9.00. The summed E-state index contributed by atoms with van der Waals surface area (Å²) in [5, 5.41) is 2.22. The standard InChI is InChI=1S/C13H19N3O2S/c1-8(2)11(14)13(18)16(9-3-4-9)7-10(17)12-15-5-6-19-12/h5-6,8-9,11H,3-4,7,14H2,1-2H3/t11-/m0/s1. The van der Waals surface area contributed by atoms with E-state index in [9.17, 15) is 9.59 Å². The average Bonchev–Trinajstić information content (AvgIpc) is 3.07. The summed E-state index contributed by atoms with van der Waals surface area (Å²) >= 11 is 1.30. The molecule has 0 saturated heterocycles. The summed E-state index contributed by atoms with van der Waals surface area (Å²) in [4.78, 5) is 30.0. The van der Waals surface area contributed by atoms with Crippen LogP contribution in [0.15, 0.2) is 11.6 Å². The third-order valence-electron chi connectivity index (χ3n) is 3.26. The molecule has 1 atom stereocenters. The van der Waals surface area contributed by atoms with E-state index in [1.54, 1.807) is 16.5 Å². The van der Waals surface area contributed by atoms with Crippen LogP contribution in [0.3, 0.4) is 0 Å². The molecular formula is C13H19N3O2S. The Morgan fingerprint density at radius 2 is 2.21 bits per heavy atom. The molecule has 1 aromatic rings. The second-order valence-corrected chi connectivity index (χ2v) is 6.12. The summed E-state index contributed by atoms with van der Waals surface area (Å²) in [6, 6.07) is -0.356. The number of aromatic nitrogens is 1. The van der Waals surface area contributed by atoms with Gasteiger partial charge in [-0.15, -0.1) is 11.3 Å². The summed E-state index contributed by atoms with van der Waals surface area (Å²) in [5.41, 5.74) is 5.91. The number of carbonyl (C=O) groups is 2. The van der Waals surface area contributed by atoms with Crippen molar-refractivity contribution in [1.82, 2.24) is 9.88 Å². The second-order valence-electron chi connectivity index (χ2n) is 5.23. The molecule has 0 unspecified atom stereocenters. The monoisotopic (exact) mass is 281 g/mol. The van der Waals surface area contributed by atoms with Crippen LogP contribution < -0.4 is 5.73 Å². The molecule has 1 fully saturated rings. The molecule has 104 valence electrons. The molecule has 2 N–H and O–H groups in total. The number of nitrogens with two attached hydrogens (primary N) is 1. The van der Waals surface area contributed by atoms with Crippen LogP contribution in [0.4, 0.5) is 0 Å². The van der Waals surface area contributed by atoms with Gasteiger partial charge < -0.3 is 10.6 Å². The number of carbonyl (C=O) groups excluding carboxylic acids is 2. The van der Waals surface area contributed by atoms with Crippen molar-refractivity contribution in [3.8, 4) is 0 Å². The second kappa shape index (κ2) is 5.79. The number of nitrogens with zero attached hydrogens (tertiary/aromatic N) is 2. The van der Waals surface area contributed by atoms with E-state index < -0.39 is 6.04 Å². The van der Waals surface area contributed by atoms with Crippen molar-refractivity contribution in [2.45, 2.75) is 38.8 Å². The van der Waals surface area contributed by atoms with E-state index in [1.807, 2.05) is 13.8 Å². The number of hydrogen-bond acceptors (Lipinski definition) is 5. The minimum Gasteiger partial charge on any atom is -0.331 e. The molecule has 2 rings (SSSR count). The Labute approximate surface area is 116 Å². The molecular weight excluding hydrogens is 262 g/mol. The molecule has 19 heavy (non-hydrogen) atoms. The number of amides is 1. The van der Waals surface area contributed by atoms with Crippen LogP contribution in [0.25, 0.3) is 0 Å². The fraction of sp³-hybridized carbons (Fsp3) is 0.615. The van der Waals surface area contributed by atoms with Gasteiger partial charge in [-0.3, -0.25) is 9.59 Å². The lowest BCUT2D eigenvalue weighted by Crippen LogP contribution is -2.49. The normalized spacial score (nSPS) is 16.4. The zero-order valence-electron chi connectivity index (χ0n) is 11.2. The van der Waals surface area contributed by atoms with Crippen molar-refractivity contribution in [2.24, 2.45) is 11.7 Å². The van der Waals surface area contributed by atoms with Crippen molar-refractivity contribution in [1.29, 1.82) is 0 Å². The smallest absolute Gasteiger partial charge is 0.240 e. The maximum Gasteiger partial charge on any atom is 0.240 e. The summed E-state index contributed by atoms with van der Waals surface area (Å²) < 4.78 is 0. The van der Waals surface area contributed by atoms with Gasteiger partial charge in [0.1, 0.15) is 0 Å². The van der Waals surface area contributed by atoms with Gasteiger partial charge >= 0.3 is 0 Å².